The summed E-state index contributed by atoms with van der Waals surface area (Å²) in [6.45, 7) is 6.30. The number of rotatable bonds is 4. The predicted molar refractivity (Wildman–Crippen MR) is 105 cm³/mol. The Balaban J connectivity index is 2.09. The van der Waals surface area contributed by atoms with E-state index in [2.05, 4.69) is 27.0 Å². The molecule has 1 aromatic heterocycles. The molecule has 0 spiro atoms. The van der Waals surface area contributed by atoms with E-state index >= 15 is 0 Å². The first-order valence-electron chi connectivity index (χ1n) is 8.77. The number of nitrogens with zero attached hydrogens (tertiary/aromatic N) is 1. The van der Waals surface area contributed by atoms with Crippen LogP contribution in [0.3, 0.4) is 0 Å². The van der Waals surface area contributed by atoms with Crippen molar-refractivity contribution in [3.8, 4) is 16.9 Å². The summed E-state index contributed by atoms with van der Waals surface area (Å²) in [5.41, 5.74) is 10.7. The number of aryl methyl sites for hydroxylation is 2. The second kappa shape index (κ2) is 7.66. The molecule has 6 heteroatoms. The lowest BCUT2D eigenvalue weighted by atomic mass is 9.94. The molecule has 1 aromatic carbocycles. The second-order valence-electron chi connectivity index (χ2n) is 6.74. The molecule has 138 valence electrons. The zero-order valence-electron chi connectivity index (χ0n) is 15.3. The Morgan fingerprint density at radius 3 is 2.92 bits per heavy atom. The van der Waals surface area contributed by atoms with Crippen LogP contribution in [0.4, 0.5) is 5.82 Å². The quantitative estimate of drug-likeness (QED) is 0.752. The van der Waals surface area contributed by atoms with Gasteiger partial charge in [-0.3, -0.25) is 4.79 Å². The van der Waals surface area contributed by atoms with Gasteiger partial charge in [0.25, 0.3) is 0 Å². The summed E-state index contributed by atoms with van der Waals surface area (Å²) in [5, 5.41) is 0. The third-order valence-corrected chi connectivity index (χ3v) is 5.16. The number of esters is 1. The van der Waals surface area contributed by atoms with E-state index in [-0.39, 0.29) is 18.5 Å². The van der Waals surface area contributed by atoms with Crippen molar-refractivity contribution < 1.29 is 14.3 Å². The van der Waals surface area contributed by atoms with Crippen molar-refractivity contribution in [2.24, 2.45) is 0 Å². The number of hydrogen-bond acceptors (Lipinski definition) is 5. The summed E-state index contributed by atoms with van der Waals surface area (Å²) in [6, 6.07) is 6.10. The summed E-state index contributed by atoms with van der Waals surface area (Å²) in [5.74, 6) is 1.06. The molecule has 0 bridgehead atoms. The summed E-state index contributed by atoms with van der Waals surface area (Å²) >= 11 is 3.57. The molecular formula is C20H23BrN2O3. The van der Waals surface area contributed by atoms with E-state index in [1.54, 1.807) is 0 Å². The van der Waals surface area contributed by atoms with Gasteiger partial charge in [-0.15, -0.1) is 0 Å². The molecule has 2 heterocycles. The lowest BCUT2D eigenvalue weighted by Crippen LogP contribution is -2.16. The summed E-state index contributed by atoms with van der Waals surface area (Å²) < 4.78 is 11.7. The monoisotopic (exact) mass is 418 g/mol. The zero-order valence-corrected chi connectivity index (χ0v) is 16.9. The van der Waals surface area contributed by atoms with Crippen molar-refractivity contribution >= 4 is 27.7 Å². The smallest absolute Gasteiger partial charge is 0.310 e. The van der Waals surface area contributed by atoms with Gasteiger partial charge in [-0.25, -0.2) is 4.98 Å². The van der Waals surface area contributed by atoms with Crippen molar-refractivity contribution in [3.05, 3.63) is 39.5 Å². The average molecular weight is 419 g/mol. The van der Waals surface area contributed by atoms with E-state index in [0.717, 1.165) is 47.6 Å². The fourth-order valence-corrected chi connectivity index (χ4v) is 3.78. The third kappa shape index (κ3) is 3.85. The summed E-state index contributed by atoms with van der Waals surface area (Å²) in [7, 11) is 0. The number of aromatic nitrogens is 1. The van der Waals surface area contributed by atoms with Crippen LogP contribution in [0.1, 0.15) is 37.1 Å². The first-order valence-corrected chi connectivity index (χ1v) is 9.56. The summed E-state index contributed by atoms with van der Waals surface area (Å²) in [6.07, 6.45) is 1.98. The Bertz CT molecular complexity index is 849. The standard InChI is InChI=1S/C20H23BrN2O3/c1-11(2)26-17(24)10-15-12(3)23-20(22)19(21)18(15)14-6-7-16-13(9-14)5-4-8-25-16/h6-7,9,11H,4-5,8,10H2,1-3H3,(H2,22,23). The lowest BCUT2D eigenvalue weighted by Gasteiger charge is -2.20. The van der Waals surface area contributed by atoms with E-state index in [1.165, 1.54) is 5.56 Å². The van der Waals surface area contributed by atoms with Crippen LogP contribution in [0.25, 0.3) is 11.1 Å². The van der Waals surface area contributed by atoms with E-state index in [4.69, 9.17) is 15.2 Å². The van der Waals surface area contributed by atoms with Crippen LogP contribution in [-0.2, 0) is 22.4 Å². The fraction of sp³-hybridized carbons (Fsp3) is 0.400. The molecule has 0 amide bonds. The molecule has 0 saturated heterocycles. The highest BCUT2D eigenvalue weighted by molar-refractivity contribution is 9.10. The number of halogens is 1. The molecule has 2 aromatic rings. The van der Waals surface area contributed by atoms with Gasteiger partial charge < -0.3 is 15.2 Å². The topological polar surface area (TPSA) is 74.4 Å². The van der Waals surface area contributed by atoms with Gasteiger partial charge in [0, 0.05) is 11.3 Å². The zero-order chi connectivity index (χ0) is 18.8. The number of anilines is 1. The van der Waals surface area contributed by atoms with E-state index < -0.39 is 0 Å². The second-order valence-corrected chi connectivity index (χ2v) is 7.53. The van der Waals surface area contributed by atoms with Gasteiger partial charge in [-0.1, -0.05) is 6.07 Å². The maximum Gasteiger partial charge on any atom is 0.310 e. The largest absolute Gasteiger partial charge is 0.493 e. The van der Waals surface area contributed by atoms with Gasteiger partial charge in [0.1, 0.15) is 11.6 Å². The Morgan fingerprint density at radius 1 is 1.42 bits per heavy atom. The van der Waals surface area contributed by atoms with Crippen LogP contribution in [0.5, 0.6) is 5.75 Å². The number of nitrogen functional groups attached to an aromatic ring is 1. The molecule has 3 rings (SSSR count). The number of benzene rings is 1. The first kappa shape index (κ1) is 18.7. The predicted octanol–water partition coefficient (Wildman–Crippen LogP) is 4.22. The molecule has 0 fully saturated rings. The maximum atomic E-state index is 12.3. The molecule has 0 saturated carbocycles. The SMILES string of the molecule is Cc1nc(N)c(Br)c(-c2ccc3c(c2)CCCO3)c1CC(=O)OC(C)C. The highest BCUT2D eigenvalue weighted by Crippen LogP contribution is 2.39. The van der Waals surface area contributed by atoms with E-state index in [0.29, 0.717) is 10.3 Å². The van der Waals surface area contributed by atoms with Gasteiger partial charge in [0.2, 0.25) is 0 Å². The molecule has 1 aliphatic heterocycles. The molecule has 5 nitrogen and oxygen atoms in total. The number of pyridine rings is 1. The minimum atomic E-state index is -0.274. The van der Waals surface area contributed by atoms with Crippen LogP contribution in [0.2, 0.25) is 0 Å². The molecule has 2 N–H and O–H groups in total. The highest BCUT2D eigenvalue weighted by Gasteiger charge is 2.21. The number of ether oxygens (including phenoxy) is 2. The van der Waals surface area contributed by atoms with Crippen molar-refractivity contribution in [2.75, 3.05) is 12.3 Å². The highest BCUT2D eigenvalue weighted by atomic mass is 79.9. The van der Waals surface area contributed by atoms with Gasteiger partial charge in [-0.2, -0.15) is 0 Å². The van der Waals surface area contributed by atoms with Gasteiger partial charge in [0.05, 0.1) is 23.6 Å². The van der Waals surface area contributed by atoms with Crippen molar-refractivity contribution in [1.29, 1.82) is 0 Å². The number of hydrogen-bond donors (Lipinski definition) is 1. The van der Waals surface area contributed by atoms with E-state index in [9.17, 15) is 4.79 Å². The maximum absolute atomic E-state index is 12.3. The molecule has 26 heavy (non-hydrogen) atoms. The number of nitrogens with two attached hydrogens (primary N) is 1. The van der Waals surface area contributed by atoms with Crippen molar-refractivity contribution in [3.63, 3.8) is 0 Å². The van der Waals surface area contributed by atoms with Crippen LogP contribution in [-0.4, -0.2) is 23.7 Å². The van der Waals surface area contributed by atoms with Crippen molar-refractivity contribution in [2.45, 2.75) is 46.1 Å². The van der Waals surface area contributed by atoms with Crippen LogP contribution >= 0.6 is 15.9 Å². The Morgan fingerprint density at radius 2 is 2.19 bits per heavy atom. The summed E-state index contributed by atoms with van der Waals surface area (Å²) in [4.78, 5) is 16.6. The minimum Gasteiger partial charge on any atom is -0.493 e. The number of carbonyl (C=O) groups excluding carboxylic acids is 1. The number of fused-ring (bicyclic) bond motifs is 1. The minimum absolute atomic E-state index is 0.152. The van der Waals surface area contributed by atoms with Crippen LogP contribution in [0, 0.1) is 6.92 Å². The van der Waals surface area contributed by atoms with E-state index in [1.807, 2.05) is 32.9 Å². The fourth-order valence-electron chi connectivity index (χ4n) is 3.22. The van der Waals surface area contributed by atoms with Crippen molar-refractivity contribution in [1.82, 2.24) is 4.98 Å². The molecule has 0 unspecified atom stereocenters. The van der Waals surface area contributed by atoms with Gasteiger partial charge in [0.15, 0.2) is 0 Å². The molecule has 1 aliphatic rings. The van der Waals surface area contributed by atoms with Gasteiger partial charge in [-0.05, 0) is 78.4 Å². The number of carbonyl (C=O) groups is 1. The lowest BCUT2D eigenvalue weighted by molar-refractivity contribution is -0.146. The molecule has 0 radical (unpaired) electrons. The molecule has 0 aliphatic carbocycles. The Hall–Kier alpha value is -2.08. The third-order valence-electron chi connectivity index (χ3n) is 4.36. The average Bonchev–Trinajstić information content (AvgIpc) is 2.59. The Labute approximate surface area is 162 Å². The normalized spacial score (nSPS) is 13.3. The molecule has 0 atom stereocenters. The van der Waals surface area contributed by atoms with Crippen LogP contribution in [0.15, 0.2) is 22.7 Å². The van der Waals surface area contributed by atoms with Gasteiger partial charge >= 0.3 is 5.97 Å². The molecular weight excluding hydrogens is 396 g/mol. The van der Waals surface area contributed by atoms with Crippen LogP contribution < -0.4 is 10.5 Å². The Kier molecular flexibility index (Phi) is 5.51. The first-order chi connectivity index (χ1) is 12.4.